The van der Waals surface area contributed by atoms with Gasteiger partial charge in [-0.15, -0.1) is 0 Å². The summed E-state index contributed by atoms with van der Waals surface area (Å²) in [6, 6.07) is 10.1. The fraction of sp³-hybridized carbons (Fsp3) is 0.167. The van der Waals surface area contributed by atoms with Gasteiger partial charge < -0.3 is 16.0 Å². The second-order valence-electron chi connectivity index (χ2n) is 5.77. The smallest absolute Gasteiger partial charge is 0.254 e. The van der Waals surface area contributed by atoms with Gasteiger partial charge in [0.15, 0.2) is 0 Å². The van der Waals surface area contributed by atoms with Gasteiger partial charge in [0, 0.05) is 10.9 Å². The summed E-state index contributed by atoms with van der Waals surface area (Å²) in [4.78, 5) is 36.5. The van der Waals surface area contributed by atoms with Crippen molar-refractivity contribution in [3.8, 4) is 0 Å². The van der Waals surface area contributed by atoms with Gasteiger partial charge in [-0.2, -0.15) is 0 Å². The number of fused-ring (bicyclic) bond motifs is 1. The fourth-order valence-electron chi connectivity index (χ4n) is 2.59. The van der Waals surface area contributed by atoms with Gasteiger partial charge in [0.25, 0.3) is 5.91 Å². The van der Waals surface area contributed by atoms with Crippen molar-refractivity contribution >= 4 is 45.0 Å². The number of halogens is 2. The van der Waals surface area contributed by atoms with Crippen LogP contribution in [0.15, 0.2) is 46.9 Å². The number of carbonyl (C=O) groups is 3. The van der Waals surface area contributed by atoms with E-state index in [9.17, 15) is 18.8 Å². The maximum Gasteiger partial charge on any atom is 0.254 e. The monoisotopic (exact) mass is 419 g/mol. The lowest BCUT2D eigenvalue weighted by Gasteiger charge is -2.14. The van der Waals surface area contributed by atoms with E-state index in [0.717, 1.165) is 0 Å². The number of carbonyl (C=O) groups excluding carboxylic acids is 3. The number of hydrogen-bond acceptors (Lipinski definition) is 3. The van der Waals surface area contributed by atoms with Crippen LogP contribution in [0.2, 0.25) is 0 Å². The number of rotatable bonds is 4. The predicted octanol–water partition coefficient (Wildman–Crippen LogP) is 3.06. The highest BCUT2D eigenvalue weighted by Gasteiger charge is 2.27. The van der Waals surface area contributed by atoms with Crippen molar-refractivity contribution in [1.82, 2.24) is 5.32 Å². The van der Waals surface area contributed by atoms with Gasteiger partial charge in [0.2, 0.25) is 11.8 Å². The van der Waals surface area contributed by atoms with E-state index in [4.69, 9.17) is 0 Å². The first-order valence-electron chi connectivity index (χ1n) is 7.89. The van der Waals surface area contributed by atoms with Gasteiger partial charge in [-0.3, -0.25) is 14.4 Å². The van der Waals surface area contributed by atoms with E-state index in [0.29, 0.717) is 15.7 Å². The molecule has 1 aliphatic heterocycles. The molecule has 0 aliphatic carbocycles. The molecule has 134 valence electrons. The van der Waals surface area contributed by atoms with Crippen molar-refractivity contribution in [1.29, 1.82) is 0 Å². The van der Waals surface area contributed by atoms with Crippen LogP contribution in [0.25, 0.3) is 0 Å². The summed E-state index contributed by atoms with van der Waals surface area (Å²) in [6.45, 7) is 0. The fourth-order valence-corrected chi connectivity index (χ4v) is 2.93. The molecule has 0 aromatic heterocycles. The molecule has 2 aromatic rings. The van der Waals surface area contributed by atoms with Gasteiger partial charge in [-0.1, -0.05) is 28.1 Å². The first kappa shape index (κ1) is 18.1. The molecular weight excluding hydrogens is 405 g/mol. The SMILES string of the molecule is O=C(CC[C@@H]1NC(=O)c2ccccc2NC1=O)Nc1ccc(Br)cc1F. The normalized spacial score (nSPS) is 16.2. The topological polar surface area (TPSA) is 87.3 Å². The Morgan fingerprint density at radius 1 is 1.19 bits per heavy atom. The first-order chi connectivity index (χ1) is 12.4. The summed E-state index contributed by atoms with van der Waals surface area (Å²) in [7, 11) is 0. The Balaban J connectivity index is 1.61. The summed E-state index contributed by atoms with van der Waals surface area (Å²) in [5.74, 6) is -1.80. The van der Waals surface area contributed by atoms with E-state index in [1.54, 1.807) is 30.3 Å². The molecule has 0 spiro atoms. The zero-order chi connectivity index (χ0) is 18.7. The number of hydrogen-bond donors (Lipinski definition) is 3. The molecule has 0 saturated carbocycles. The maximum absolute atomic E-state index is 13.8. The lowest BCUT2D eigenvalue weighted by Crippen LogP contribution is -2.41. The summed E-state index contributed by atoms with van der Waals surface area (Å²) >= 11 is 3.14. The molecule has 1 aliphatic rings. The molecule has 0 unspecified atom stereocenters. The van der Waals surface area contributed by atoms with E-state index in [1.165, 1.54) is 12.1 Å². The highest BCUT2D eigenvalue weighted by Crippen LogP contribution is 2.21. The van der Waals surface area contributed by atoms with E-state index in [-0.39, 0.29) is 24.4 Å². The molecular formula is C18H15BrFN3O3. The molecule has 1 heterocycles. The Bertz CT molecular complexity index is 888. The molecule has 0 saturated heterocycles. The van der Waals surface area contributed by atoms with Gasteiger partial charge >= 0.3 is 0 Å². The number of amides is 3. The average Bonchev–Trinajstić information content (AvgIpc) is 2.72. The van der Waals surface area contributed by atoms with Gasteiger partial charge in [-0.05, 0) is 36.8 Å². The first-order valence-corrected chi connectivity index (χ1v) is 8.69. The van der Waals surface area contributed by atoms with Crippen LogP contribution < -0.4 is 16.0 Å². The van der Waals surface area contributed by atoms with Crippen LogP contribution in [0.3, 0.4) is 0 Å². The third-order valence-corrected chi connectivity index (χ3v) is 4.41. The average molecular weight is 420 g/mol. The molecule has 3 N–H and O–H groups in total. The molecule has 2 aromatic carbocycles. The van der Waals surface area contributed by atoms with Crippen LogP contribution in [0, 0.1) is 5.82 Å². The molecule has 6 nitrogen and oxygen atoms in total. The molecule has 0 fully saturated rings. The Labute approximate surface area is 157 Å². The third-order valence-electron chi connectivity index (χ3n) is 3.92. The molecule has 8 heteroatoms. The number of para-hydroxylation sites is 1. The summed E-state index contributed by atoms with van der Waals surface area (Å²) < 4.78 is 14.3. The Morgan fingerprint density at radius 2 is 1.96 bits per heavy atom. The molecule has 3 rings (SSSR count). The number of anilines is 2. The minimum atomic E-state index is -0.851. The van der Waals surface area contributed by atoms with Crippen molar-refractivity contribution in [3.05, 3.63) is 58.3 Å². The van der Waals surface area contributed by atoms with Crippen LogP contribution in [-0.2, 0) is 9.59 Å². The highest BCUT2D eigenvalue weighted by atomic mass is 79.9. The van der Waals surface area contributed by atoms with Crippen LogP contribution in [0.1, 0.15) is 23.2 Å². The lowest BCUT2D eigenvalue weighted by molar-refractivity contribution is -0.118. The van der Waals surface area contributed by atoms with Crippen LogP contribution in [-0.4, -0.2) is 23.8 Å². The van der Waals surface area contributed by atoms with Crippen molar-refractivity contribution in [2.45, 2.75) is 18.9 Å². The quantitative estimate of drug-likeness (QED) is 0.711. The largest absolute Gasteiger partial charge is 0.340 e. The summed E-state index contributed by atoms with van der Waals surface area (Å²) in [6.07, 6.45) is 0.0414. The van der Waals surface area contributed by atoms with Crippen LogP contribution in [0.5, 0.6) is 0 Å². The predicted molar refractivity (Wildman–Crippen MR) is 98.3 cm³/mol. The van der Waals surface area contributed by atoms with Gasteiger partial charge in [-0.25, -0.2) is 4.39 Å². The van der Waals surface area contributed by atoms with Crippen LogP contribution >= 0.6 is 15.9 Å². The summed E-state index contributed by atoms with van der Waals surface area (Å²) in [5, 5.41) is 7.74. The van der Waals surface area contributed by atoms with E-state index in [2.05, 4.69) is 31.9 Å². The molecule has 3 amide bonds. The molecule has 0 radical (unpaired) electrons. The molecule has 0 bridgehead atoms. The van der Waals surface area contributed by atoms with Crippen molar-refractivity contribution in [3.63, 3.8) is 0 Å². The lowest BCUT2D eigenvalue weighted by atomic mass is 10.1. The number of benzene rings is 2. The van der Waals surface area contributed by atoms with E-state index >= 15 is 0 Å². The third kappa shape index (κ3) is 4.08. The van der Waals surface area contributed by atoms with Crippen molar-refractivity contribution in [2.24, 2.45) is 0 Å². The van der Waals surface area contributed by atoms with Gasteiger partial charge in [0.05, 0.1) is 16.9 Å². The number of nitrogens with one attached hydrogen (secondary N) is 3. The summed E-state index contributed by atoms with van der Waals surface area (Å²) in [5.41, 5.74) is 0.851. The standard InChI is InChI=1S/C18H15BrFN3O3/c19-10-5-6-14(12(20)9-10)21-16(24)8-7-15-18(26)22-13-4-2-1-3-11(13)17(25)23-15/h1-6,9,15H,7-8H2,(H,21,24)(H,22,26)(H,23,25)/t15-/m0/s1. The van der Waals surface area contributed by atoms with Crippen molar-refractivity contribution < 1.29 is 18.8 Å². The highest BCUT2D eigenvalue weighted by molar-refractivity contribution is 9.10. The Morgan fingerprint density at radius 3 is 2.73 bits per heavy atom. The maximum atomic E-state index is 13.8. The minimum Gasteiger partial charge on any atom is -0.340 e. The zero-order valence-electron chi connectivity index (χ0n) is 13.5. The zero-order valence-corrected chi connectivity index (χ0v) is 15.1. The second-order valence-corrected chi connectivity index (χ2v) is 6.69. The minimum absolute atomic E-state index is 0.0514. The molecule has 26 heavy (non-hydrogen) atoms. The van der Waals surface area contributed by atoms with E-state index in [1.807, 2.05) is 0 Å². The van der Waals surface area contributed by atoms with Crippen molar-refractivity contribution in [2.75, 3.05) is 10.6 Å². The second kappa shape index (κ2) is 7.65. The Kier molecular flexibility index (Phi) is 5.32. The van der Waals surface area contributed by atoms with Crippen LogP contribution in [0.4, 0.5) is 15.8 Å². The Hall–Kier alpha value is -2.74. The van der Waals surface area contributed by atoms with Gasteiger partial charge in [0.1, 0.15) is 11.9 Å². The molecule has 1 atom stereocenters. The van der Waals surface area contributed by atoms with E-state index < -0.39 is 23.7 Å².